The molecule has 1 aromatic heterocycles. The molecule has 0 spiro atoms. The quantitative estimate of drug-likeness (QED) is 0.676. The zero-order valence-electron chi connectivity index (χ0n) is 12.5. The van der Waals surface area contributed by atoms with Gasteiger partial charge in [-0.1, -0.05) is 60.7 Å². The minimum absolute atomic E-state index is 0.729. The molecule has 3 rings (SSSR count). The maximum Gasteiger partial charge on any atom is 0.218 e. The molecule has 1 atom stereocenters. The van der Waals surface area contributed by atoms with Crippen LogP contribution in [-0.2, 0) is 15.9 Å². The number of hydrogen-bond donors (Lipinski definition) is 0. The van der Waals surface area contributed by atoms with Gasteiger partial charge in [0.15, 0.2) is 0 Å². The van der Waals surface area contributed by atoms with Gasteiger partial charge < -0.3 is 4.55 Å². The Morgan fingerprint density at radius 3 is 1.82 bits per heavy atom. The van der Waals surface area contributed by atoms with Gasteiger partial charge in [0, 0.05) is 16.5 Å². The third kappa shape index (κ3) is 2.47. The average Bonchev–Trinajstić information content (AvgIpc) is 2.97. The maximum atomic E-state index is 13.0. The molecule has 0 saturated heterocycles. The van der Waals surface area contributed by atoms with Crippen molar-refractivity contribution >= 4 is 22.5 Å². The Hall–Kier alpha value is -1.62. The Morgan fingerprint density at radius 1 is 0.955 bits per heavy atom. The molecule has 2 nitrogen and oxygen atoms in total. The van der Waals surface area contributed by atoms with Crippen molar-refractivity contribution in [3.8, 4) is 0 Å². The number of aryl methyl sites for hydroxylation is 1. The third-order valence-corrected chi connectivity index (χ3v) is 6.09. The van der Waals surface area contributed by atoms with Gasteiger partial charge in [0.1, 0.15) is 5.69 Å². The second kappa shape index (κ2) is 6.24. The molecule has 0 N–H and O–H groups in total. The minimum atomic E-state index is -1.16. The molecule has 22 heavy (non-hydrogen) atoms. The van der Waals surface area contributed by atoms with Gasteiger partial charge in [-0.15, -0.1) is 11.3 Å². The van der Waals surface area contributed by atoms with Gasteiger partial charge in [-0.3, -0.25) is 0 Å². The van der Waals surface area contributed by atoms with Gasteiger partial charge in [-0.05, 0) is 18.1 Å². The molecule has 0 saturated carbocycles. The van der Waals surface area contributed by atoms with E-state index in [2.05, 4.69) is 4.98 Å². The highest BCUT2D eigenvalue weighted by Gasteiger charge is 2.47. The Kier molecular flexibility index (Phi) is 4.34. The van der Waals surface area contributed by atoms with Gasteiger partial charge in [0.05, 0.1) is 11.3 Å². The van der Waals surface area contributed by atoms with Crippen molar-refractivity contribution in [1.29, 1.82) is 0 Å². The van der Waals surface area contributed by atoms with Crippen LogP contribution in [0.5, 0.6) is 0 Å². The van der Waals surface area contributed by atoms with E-state index in [0.29, 0.717) is 0 Å². The maximum absolute atomic E-state index is 13.0. The van der Waals surface area contributed by atoms with Crippen molar-refractivity contribution in [3.05, 3.63) is 87.9 Å². The van der Waals surface area contributed by atoms with E-state index in [1.165, 1.54) is 0 Å². The second-order valence-corrected chi connectivity index (χ2v) is 7.70. The molecule has 0 amide bonds. The summed E-state index contributed by atoms with van der Waals surface area (Å²) < 4.78 is 12.2. The van der Waals surface area contributed by atoms with Crippen LogP contribution in [0.15, 0.2) is 66.0 Å². The predicted molar refractivity (Wildman–Crippen MR) is 93.7 cm³/mol. The SMILES string of the molecule is Cc1nc(C(c2ccccc2)(c2ccccc2)[S+](C)[O-])cs1. The highest BCUT2D eigenvalue weighted by Crippen LogP contribution is 2.43. The molecule has 0 fully saturated rings. The fraction of sp³-hybridized carbons (Fsp3) is 0.167. The molecule has 1 heterocycles. The molecule has 0 aliphatic heterocycles. The lowest BCUT2D eigenvalue weighted by molar-refractivity contribution is 0.575. The highest BCUT2D eigenvalue weighted by molar-refractivity contribution is 7.92. The minimum Gasteiger partial charge on any atom is -0.615 e. The molecular weight excluding hydrogens is 310 g/mol. The van der Waals surface area contributed by atoms with E-state index in [9.17, 15) is 4.55 Å². The van der Waals surface area contributed by atoms with Crippen LogP contribution in [0.3, 0.4) is 0 Å². The molecule has 0 radical (unpaired) electrons. The van der Waals surface area contributed by atoms with Gasteiger partial charge in [-0.25, -0.2) is 4.98 Å². The summed E-state index contributed by atoms with van der Waals surface area (Å²) in [6.07, 6.45) is 1.76. The first-order valence-corrected chi connectivity index (χ1v) is 9.46. The lowest BCUT2D eigenvalue weighted by Gasteiger charge is -2.33. The van der Waals surface area contributed by atoms with Gasteiger partial charge in [0.25, 0.3) is 0 Å². The Morgan fingerprint density at radius 2 is 1.45 bits per heavy atom. The van der Waals surface area contributed by atoms with Gasteiger partial charge >= 0.3 is 0 Å². The molecule has 1 unspecified atom stereocenters. The van der Waals surface area contributed by atoms with Crippen LogP contribution in [0.4, 0.5) is 0 Å². The Labute approximate surface area is 138 Å². The normalized spacial score (nSPS) is 13.0. The number of rotatable bonds is 4. The largest absolute Gasteiger partial charge is 0.615 e. The summed E-state index contributed by atoms with van der Waals surface area (Å²) in [5.74, 6) is 0. The number of thiazole rings is 1. The van der Waals surface area contributed by atoms with Crippen LogP contribution in [0.1, 0.15) is 21.8 Å². The molecule has 0 aliphatic carbocycles. The zero-order chi connectivity index (χ0) is 15.6. The van der Waals surface area contributed by atoms with E-state index in [4.69, 9.17) is 0 Å². The number of hydrogen-bond acceptors (Lipinski definition) is 3. The molecule has 3 aromatic rings. The fourth-order valence-corrected chi connectivity index (χ4v) is 4.88. The molecule has 0 bridgehead atoms. The van der Waals surface area contributed by atoms with Crippen molar-refractivity contribution in [2.75, 3.05) is 6.26 Å². The van der Waals surface area contributed by atoms with Crippen LogP contribution in [0, 0.1) is 6.92 Å². The first kappa shape index (κ1) is 15.3. The first-order chi connectivity index (χ1) is 10.7. The van der Waals surface area contributed by atoms with Gasteiger partial charge in [0.2, 0.25) is 4.75 Å². The summed E-state index contributed by atoms with van der Waals surface area (Å²) >= 11 is 0.435. The Balaban J connectivity index is 2.34. The van der Waals surface area contributed by atoms with Crippen LogP contribution < -0.4 is 0 Å². The lowest BCUT2D eigenvalue weighted by Crippen LogP contribution is -2.38. The van der Waals surface area contributed by atoms with Crippen molar-refractivity contribution in [3.63, 3.8) is 0 Å². The van der Waals surface area contributed by atoms with E-state index in [1.807, 2.05) is 73.0 Å². The van der Waals surface area contributed by atoms with E-state index in [-0.39, 0.29) is 0 Å². The van der Waals surface area contributed by atoms with Gasteiger partial charge in [-0.2, -0.15) is 0 Å². The van der Waals surface area contributed by atoms with Crippen molar-refractivity contribution < 1.29 is 4.55 Å². The summed E-state index contributed by atoms with van der Waals surface area (Å²) in [6.45, 7) is 1.98. The third-order valence-electron chi connectivity index (χ3n) is 3.77. The summed E-state index contributed by atoms with van der Waals surface area (Å²) in [6, 6.07) is 20.0. The number of benzene rings is 2. The van der Waals surface area contributed by atoms with Crippen molar-refractivity contribution in [2.45, 2.75) is 11.7 Å². The number of aromatic nitrogens is 1. The second-order valence-electron chi connectivity index (χ2n) is 5.12. The smallest absolute Gasteiger partial charge is 0.218 e. The lowest BCUT2D eigenvalue weighted by atomic mass is 9.88. The van der Waals surface area contributed by atoms with Crippen LogP contribution in [-0.4, -0.2) is 15.8 Å². The molecule has 2 aromatic carbocycles. The summed E-state index contributed by atoms with van der Waals surface area (Å²) in [4.78, 5) is 4.68. The predicted octanol–water partition coefficient (Wildman–Crippen LogP) is 4.12. The van der Waals surface area contributed by atoms with Crippen molar-refractivity contribution in [2.24, 2.45) is 0 Å². The molecular formula is C18H17NOS2. The standard InChI is InChI=1S/C18H17NOS2/c1-14-19-17(13-21-14)18(22(2)20,15-9-5-3-6-10-15)16-11-7-4-8-12-16/h3-13H,1-2H3. The van der Waals surface area contributed by atoms with E-state index in [0.717, 1.165) is 21.8 Å². The van der Waals surface area contributed by atoms with Crippen LogP contribution in [0.2, 0.25) is 0 Å². The zero-order valence-corrected chi connectivity index (χ0v) is 14.2. The Bertz CT molecular complexity index is 699. The first-order valence-electron chi connectivity index (χ1n) is 7.03. The highest BCUT2D eigenvalue weighted by atomic mass is 32.2. The van der Waals surface area contributed by atoms with E-state index < -0.39 is 15.9 Å². The summed E-state index contributed by atoms with van der Waals surface area (Å²) in [5, 5.41) is 3.01. The van der Waals surface area contributed by atoms with Crippen LogP contribution in [0.25, 0.3) is 0 Å². The molecule has 112 valence electrons. The molecule has 4 heteroatoms. The van der Waals surface area contributed by atoms with Crippen molar-refractivity contribution in [1.82, 2.24) is 4.98 Å². The topological polar surface area (TPSA) is 36.0 Å². The summed E-state index contributed by atoms with van der Waals surface area (Å²) in [5.41, 5.74) is 2.87. The van der Waals surface area contributed by atoms with Crippen LogP contribution >= 0.6 is 11.3 Å². The monoisotopic (exact) mass is 327 g/mol. The summed E-state index contributed by atoms with van der Waals surface area (Å²) in [7, 11) is 0. The fourth-order valence-electron chi connectivity index (χ4n) is 2.81. The van der Waals surface area contributed by atoms with E-state index in [1.54, 1.807) is 17.6 Å². The number of nitrogens with zero attached hydrogens (tertiary/aromatic N) is 1. The average molecular weight is 327 g/mol. The van der Waals surface area contributed by atoms with E-state index >= 15 is 0 Å². The molecule has 0 aliphatic rings.